The van der Waals surface area contributed by atoms with Crippen LogP contribution in [-0.4, -0.2) is 28.5 Å². The van der Waals surface area contributed by atoms with Crippen molar-refractivity contribution < 1.29 is 9.90 Å². The highest BCUT2D eigenvalue weighted by Crippen LogP contribution is 2.18. The van der Waals surface area contributed by atoms with Crippen molar-refractivity contribution in [2.45, 2.75) is 45.8 Å². The first-order valence-electron chi connectivity index (χ1n) is 6.52. The summed E-state index contributed by atoms with van der Waals surface area (Å²) < 4.78 is 0. The van der Waals surface area contributed by atoms with Crippen LogP contribution in [0.4, 0.5) is 0 Å². The number of carbonyl (C=O) groups is 1. The van der Waals surface area contributed by atoms with Crippen LogP contribution in [0.25, 0.3) is 0 Å². The Morgan fingerprint density at radius 1 is 1.28 bits per heavy atom. The van der Waals surface area contributed by atoms with Gasteiger partial charge in [-0.25, -0.2) is 0 Å². The lowest BCUT2D eigenvalue weighted by molar-refractivity contribution is -0.130. The van der Waals surface area contributed by atoms with Gasteiger partial charge in [0.2, 0.25) is 5.91 Å². The number of hydrogen-bond acceptors (Lipinski definition) is 2. The predicted molar refractivity (Wildman–Crippen MR) is 73.2 cm³/mol. The summed E-state index contributed by atoms with van der Waals surface area (Å²) in [5.74, 6) is 0.0965. The molecule has 0 fully saturated rings. The van der Waals surface area contributed by atoms with Crippen LogP contribution in [-0.2, 0) is 4.79 Å². The Hall–Kier alpha value is -1.35. The van der Waals surface area contributed by atoms with Crippen molar-refractivity contribution in [3.63, 3.8) is 0 Å². The summed E-state index contributed by atoms with van der Waals surface area (Å²) in [7, 11) is 0. The molecule has 1 aromatic rings. The van der Waals surface area contributed by atoms with Gasteiger partial charge in [0.1, 0.15) is 0 Å². The molecule has 3 heteroatoms. The summed E-state index contributed by atoms with van der Waals surface area (Å²) in [4.78, 5) is 13.2. The second kappa shape index (κ2) is 7.17. The molecule has 0 aliphatic carbocycles. The number of amides is 1. The molecule has 0 aliphatic heterocycles. The van der Waals surface area contributed by atoms with Crippen molar-refractivity contribution in [2.24, 2.45) is 0 Å². The Balaban J connectivity index is 2.39. The van der Waals surface area contributed by atoms with Gasteiger partial charge < -0.3 is 10.0 Å². The summed E-state index contributed by atoms with van der Waals surface area (Å²) in [5, 5.41) is 10.0. The average Bonchev–Trinajstić information content (AvgIpc) is 2.34. The first-order valence-corrected chi connectivity index (χ1v) is 6.52. The van der Waals surface area contributed by atoms with Gasteiger partial charge in [0.15, 0.2) is 0 Å². The van der Waals surface area contributed by atoms with E-state index in [0.29, 0.717) is 13.0 Å². The Kier molecular flexibility index (Phi) is 5.86. The van der Waals surface area contributed by atoms with E-state index in [-0.39, 0.29) is 11.9 Å². The highest BCUT2D eigenvalue weighted by Gasteiger charge is 2.13. The molecular weight excluding hydrogens is 226 g/mol. The molecule has 1 atom stereocenters. The minimum Gasteiger partial charge on any atom is -0.388 e. The van der Waals surface area contributed by atoms with Crippen molar-refractivity contribution in [3.8, 4) is 0 Å². The molecule has 0 saturated heterocycles. The zero-order valence-electron chi connectivity index (χ0n) is 11.5. The Labute approximate surface area is 109 Å². The zero-order chi connectivity index (χ0) is 13.5. The molecule has 1 N–H and O–H groups in total. The molecule has 0 heterocycles. The summed E-state index contributed by atoms with van der Waals surface area (Å²) in [6.45, 7) is 6.31. The molecule has 0 spiro atoms. The van der Waals surface area contributed by atoms with E-state index in [1.807, 2.05) is 49.1 Å². The van der Waals surface area contributed by atoms with Crippen LogP contribution in [0, 0.1) is 0 Å². The average molecular weight is 249 g/mol. The largest absolute Gasteiger partial charge is 0.388 e. The Morgan fingerprint density at radius 2 is 1.89 bits per heavy atom. The molecule has 1 unspecified atom stereocenters. The van der Waals surface area contributed by atoms with Crippen LogP contribution < -0.4 is 0 Å². The van der Waals surface area contributed by atoms with E-state index >= 15 is 0 Å². The summed E-state index contributed by atoms with van der Waals surface area (Å²) >= 11 is 0. The first kappa shape index (κ1) is 14.7. The number of benzene rings is 1. The van der Waals surface area contributed by atoms with Crippen LogP contribution >= 0.6 is 0 Å². The number of aliphatic hydroxyl groups is 1. The Bertz CT molecular complexity index is 362. The molecule has 1 aromatic carbocycles. The molecule has 100 valence electrons. The fourth-order valence-electron chi connectivity index (χ4n) is 2.08. The van der Waals surface area contributed by atoms with E-state index in [1.165, 1.54) is 0 Å². The van der Waals surface area contributed by atoms with E-state index < -0.39 is 6.10 Å². The zero-order valence-corrected chi connectivity index (χ0v) is 11.5. The molecule has 1 rings (SSSR count). The van der Waals surface area contributed by atoms with Crippen LogP contribution in [0.15, 0.2) is 30.3 Å². The third-order valence-electron chi connectivity index (χ3n) is 3.09. The van der Waals surface area contributed by atoms with Crippen molar-refractivity contribution >= 4 is 5.91 Å². The van der Waals surface area contributed by atoms with Gasteiger partial charge in [-0.15, -0.1) is 0 Å². The minimum atomic E-state index is -0.438. The van der Waals surface area contributed by atoms with Gasteiger partial charge in [0, 0.05) is 19.5 Å². The van der Waals surface area contributed by atoms with E-state index in [0.717, 1.165) is 12.0 Å². The van der Waals surface area contributed by atoms with Crippen molar-refractivity contribution in [1.29, 1.82) is 0 Å². The van der Waals surface area contributed by atoms with Gasteiger partial charge in [-0.3, -0.25) is 4.79 Å². The molecule has 0 saturated carbocycles. The summed E-state index contributed by atoms with van der Waals surface area (Å²) in [5.41, 5.74) is 0.941. The molecule has 0 aliphatic rings. The van der Waals surface area contributed by atoms with Gasteiger partial charge in [0.25, 0.3) is 0 Å². The van der Waals surface area contributed by atoms with Gasteiger partial charge in [-0.1, -0.05) is 30.3 Å². The van der Waals surface area contributed by atoms with Crippen molar-refractivity contribution in [2.75, 3.05) is 6.54 Å². The Morgan fingerprint density at radius 3 is 2.39 bits per heavy atom. The minimum absolute atomic E-state index is 0.0965. The number of rotatable bonds is 6. The van der Waals surface area contributed by atoms with Gasteiger partial charge in [-0.05, 0) is 32.3 Å². The lowest BCUT2D eigenvalue weighted by Gasteiger charge is -2.25. The third kappa shape index (κ3) is 4.49. The van der Waals surface area contributed by atoms with Gasteiger partial charge >= 0.3 is 0 Å². The fraction of sp³-hybridized carbons (Fsp3) is 0.533. The maximum atomic E-state index is 11.4. The van der Waals surface area contributed by atoms with Crippen molar-refractivity contribution in [1.82, 2.24) is 4.90 Å². The normalized spacial score (nSPS) is 12.5. The summed E-state index contributed by atoms with van der Waals surface area (Å²) in [6.07, 6.45) is 1.06. The maximum absolute atomic E-state index is 11.4. The van der Waals surface area contributed by atoms with E-state index in [4.69, 9.17) is 0 Å². The van der Waals surface area contributed by atoms with Crippen LogP contribution in [0.2, 0.25) is 0 Å². The van der Waals surface area contributed by atoms with Gasteiger partial charge in [-0.2, -0.15) is 0 Å². The van der Waals surface area contributed by atoms with Crippen LogP contribution in [0.3, 0.4) is 0 Å². The maximum Gasteiger partial charge on any atom is 0.219 e. The number of hydrogen-bond donors (Lipinski definition) is 1. The number of aliphatic hydroxyl groups excluding tert-OH is 1. The van der Waals surface area contributed by atoms with E-state index in [1.54, 1.807) is 6.92 Å². The van der Waals surface area contributed by atoms with E-state index in [2.05, 4.69) is 0 Å². The van der Waals surface area contributed by atoms with E-state index in [9.17, 15) is 9.90 Å². The molecule has 1 amide bonds. The highest BCUT2D eigenvalue weighted by molar-refractivity contribution is 5.73. The molecular formula is C15H23NO2. The quantitative estimate of drug-likeness (QED) is 0.842. The molecule has 3 nitrogen and oxygen atoms in total. The second-order valence-electron chi connectivity index (χ2n) is 4.87. The standard InChI is InChI=1S/C15H23NO2/c1-12(2)16(13(3)17)11-7-10-15(18)14-8-5-4-6-9-14/h4-6,8-9,12,15,18H,7,10-11H2,1-3H3. The third-order valence-corrected chi connectivity index (χ3v) is 3.09. The van der Waals surface area contributed by atoms with Crippen molar-refractivity contribution in [3.05, 3.63) is 35.9 Å². The highest BCUT2D eigenvalue weighted by atomic mass is 16.3. The number of carbonyl (C=O) groups excluding carboxylic acids is 1. The number of nitrogens with zero attached hydrogens (tertiary/aromatic N) is 1. The van der Waals surface area contributed by atoms with Crippen LogP contribution in [0.5, 0.6) is 0 Å². The lowest BCUT2D eigenvalue weighted by atomic mass is 10.0. The lowest BCUT2D eigenvalue weighted by Crippen LogP contribution is -2.36. The SMILES string of the molecule is CC(=O)N(CCCC(O)c1ccccc1)C(C)C. The van der Waals surface area contributed by atoms with Gasteiger partial charge in [0.05, 0.1) is 6.10 Å². The molecule has 18 heavy (non-hydrogen) atoms. The predicted octanol–water partition coefficient (Wildman–Crippen LogP) is 2.76. The molecule has 0 radical (unpaired) electrons. The summed E-state index contributed by atoms with van der Waals surface area (Å²) in [6, 6.07) is 9.86. The molecule has 0 bridgehead atoms. The van der Waals surface area contributed by atoms with Crippen LogP contribution in [0.1, 0.15) is 45.3 Å². The smallest absolute Gasteiger partial charge is 0.219 e. The fourth-order valence-corrected chi connectivity index (χ4v) is 2.08. The molecule has 0 aromatic heterocycles. The second-order valence-corrected chi connectivity index (χ2v) is 4.87. The first-order chi connectivity index (χ1) is 8.52. The topological polar surface area (TPSA) is 40.5 Å². The monoisotopic (exact) mass is 249 g/mol.